The predicted octanol–water partition coefficient (Wildman–Crippen LogP) is 4.72. The number of cyclic esters (lactones) is 1. The molecular formula is C23H27NO6. The van der Waals surface area contributed by atoms with Gasteiger partial charge in [-0.15, -0.1) is 0 Å². The van der Waals surface area contributed by atoms with Crippen molar-refractivity contribution in [2.24, 2.45) is 0 Å². The van der Waals surface area contributed by atoms with Crippen molar-refractivity contribution >= 4 is 17.6 Å². The number of carbonyl (C=O) groups is 2. The average Bonchev–Trinajstić information content (AvgIpc) is 3.08. The van der Waals surface area contributed by atoms with Gasteiger partial charge in [0.25, 0.3) is 0 Å². The third-order valence-corrected chi connectivity index (χ3v) is 4.95. The van der Waals surface area contributed by atoms with E-state index in [9.17, 15) is 9.59 Å². The van der Waals surface area contributed by atoms with E-state index in [2.05, 4.69) is 12.2 Å². The number of anilines is 1. The lowest BCUT2D eigenvalue weighted by atomic mass is 10.1. The van der Waals surface area contributed by atoms with Crippen LogP contribution in [-0.4, -0.2) is 32.8 Å². The molecule has 1 heterocycles. The molecule has 0 radical (unpaired) electrons. The molecule has 2 aromatic rings. The fourth-order valence-electron chi connectivity index (χ4n) is 3.41. The molecule has 30 heavy (non-hydrogen) atoms. The number of benzene rings is 2. The Hall–Kier alpha value is -3.22. The number of nitrogens with one attached hydrogen (secondary N) is 1. The fraction of sp³-hybridized carbons (Fsp3) is 0.391. The molecule has 0 spiro atoms. The molecule has 7 heteroatoms. The zero-order valence-electron chi connectivity index (χ0n) is 17.5. The second-order valence-corrected chi connectivity index (χ2v) is 6.94. The van der Waals surface area contributed by atoms with Crippen molar-refractivity contribution in [3.8, 4) is 11.5 Å². The molecule has 3 rings (SSSR count). The molecule has 160 valence electrons. The Morgan fingerprint density at radius 1 is 1.07 bits per heavy atom. The molecular weight excluding hydrogens is 386 g/mol. The highest BCUT2D eigenvalue weighted by Crippen LogP contribution is 2.42. The Morgan fingerprint density at radius 3 is 2.60 bits per heavy atom. The standard InChI is InChI=1S/C23H27NO6/c1-4-5-6-9-14-29-22(25)15-10-7-8-11-17(15)24-21-16-12-13-18(27-2)20(28-3)19(16)23(26)30-21/h7-8,10-13,21,24H,4-6,9,14H2,1-3H3. The van der Waals surface area contributed by atoms with Crippen LogP contribution in [0.4, 0.5) is 5.69 Å². The summed E-state index contributed by atoms with van der Waals surface area (Å²) in [7, 11) is 2.97. The van der Waals surface area contributed by atoms with Crippen LogP contribution in [0.1, 0.15) is 65.1 Å². The molecule has 1 N–H and O–H groups in total. The summed E-state index contributed by atoms with van der Waals surface area (Å²) in [6, 6.07) is 10.5. The van der Waals surface area contributed by atoms with Gasteiger partial charge >= 0.3 is 11.9 Å². The van der Waals surface area contributed by atoms with Crippen molar-refractivity contribution in [1.29, 1.82) is 0 Å². The van der Waals surface area contributed by atoms with Crippen molar-refractivity contribution < 1.29 is 28.5 Å². The smallest absolute Gasteiger partial charge is 0.344 e. The Labute approximate surface area is 176 Å². The first kappa shape index (κ1) is 21.5. The third-order valence-electron chi connectivity index (χ3n) is 4.95. The highest BCUT2D eigenvalue weighted by atomic mass is 16.6. The van der Waals surface area contributed by atoms with Gasteiger partial charge in [0.15, 0.2) is 11.5 Å². The molecule has 1 aliphatic heterocycles. The van der Waals surface area contributed by atoms with E-state index >= 15 is 0 Å². The van der Waals surface area contributed by atoms with Gasteiger partial charge in [0, 0.05) is 5.56 Å². The van der Waals surface area contributed by atoms with E-state index in [0.717, 1.165) is 25.7 Å². The number of unbranched alkanes of at least 4 members (excludes halogenated alkanes) is 3. The minimum absolute atomic E-state index is 0.310. The number of rotatable bonds is 10. The van der Waals surface area contributed by atoms with Gasteiger partial charge in [-0.25, -0.2) is 9.59 Å². The van der Waals surface area contributed by atoms with Gasteiger partial charge in [0.1, 0.15) is 5.56 Å². The first-order valence-electron chi connectivity index (χ1n) is 10.1. The van der Waals surface area contributed by atoms with Gasteiger partial charge in [-0.2, -0.15) is 0 Å². The number of para-hydroxylation sites is 1. The molecule has 0 amide bonds. The fourth-order valence-corrected chi connectivity index (χ4v) is 3.41. The van der Waals surface area contributed by atoms with E-state index in [1.165, 1.54) is 14.2 Å². The van der Waals surface area contributed by atoms with E-state index in [1.54, 1.807) is 36.4 Å². The third kappa shape index (κ3) is 4.50. The predicted molar refractivity (Wildman–Crippen MR) is 112 cm³/mol. The molecule has 1 aliphatic rings. The van der Waals surface area contributed by atoms with E-state index in [0.29, 0.717) is 40.5 Å². The second-order valence-electron chi connectivity index (χ2n) is 6.94. The van der Waals surface area contributed by atoms with Crippen molar-refractivity contribution in [2.45, 2.75) is 38.8 Å². The zero-order valence-corrected chi connectivity index (χ0v) is 17.5. The first-order valence-corrected chi connectivity index (χ1v) is 10.1. The maximum absolute atomic E-state index is 12.6. The van der Waals surface area contributed by atoms with Gasteiger partial charge in [0.05, 0.1) is 32.1 Å². The van der Waals surface area contributed by atoms with Crippen LogP contribution in [0.2, 0.25) is 0 Å². The maximum atomic E-state index is 12.6. The zero-order chi connectivity index (χ0) is 21.5. The summed E-state index contributed by atoms with van der Waals surface area (Å²) in [5.41, 5.74) is 1.83. The van der Waals surface area contributed by atoms with Crippen LogP contribution < -0.4 is 14.8 Å². The van der Waals surface area contributed by atoms with Gasteiger partial charge in [0.2, 0.25) is 6.23 Å². The van der Waals surface area contributed by atoms with Crippen molar-refractivity contribution in [1.82, 2.24) is 0 Å². The van der Waals surface area contributed by atoms with Crippen LogP contribution in [0, 0.1) is 0 Å². The Bertz CT molecular complexity index is 911. The molecule has 0 fully saturated rings. The van der Waals surface area contributed by atoms with Crippen LogP contribution >= 0.6 is 0 Å². The molecule has 1 unspecified atom stereocenters. The van der Waals surface area contributed by atoms with E-state index in [-0.39, 0.29) is 0 Å². The Balaban J connectivity index is 1.78. The summed E-state index contributed by atoms with van der Waals surface area (Å²) < 4.78 is 21.5. The molecule has 0 bridgehead atoms. The first-order chi connectivity index (χ1) is 14.6. The summed E-state index contributed by atoms with van der Waals surface area (Å²) in [6.07, 6.45) is 3.36. The monoisotopic (exact) mass is 413 g/mol. The number of carbonyl (C=O) groups excluding carboxylic acids is 2. The second kappa shape index (κ2) is 10.0. The largest absolute Gasteiger partial charge is 0.493 e. The number of hydrogen-bond acceptors (Lipinski definition) is 7. The number of ether oxygens (including phenoxy) is 4. The topological polar surface area (TPSA) is 83.1 Å². The van der Waals surface area contributed by atoms with Crippen LogP contribution in [0.5, 0.6) is 11.5 Å². The van der Waals surface area contributed by atoms with E-state index < -0.39 is 18.2 Å². The summed E-state index contributed by atoms with van der Waals surface area (Å²) in [4.78, 5) is 25.0. The summed E-state index contributed by atoms with van der Waals surface area (Å²) in [6.45, 7) is 2.51. The van der Waals surface area contributed by atoms with Crippen molar-refractivity contribution in [3.05, 3.63) is 53.1 Å². The average molecular weight is 413 g/mol. The van der Waals surface area contributed by atoms with Crippen molar-refractivity contribution in [3.63, 3.8) is 0 Å². The van der Waals surface area contributed by atoms with Gasteiger partial charge in [-0.1, -0.05) is 38.3 Å². The molecule has 1 atom stereocenters. The molecule has 0 aromatic heterocycles. The highest BCUT2D eigenvalue weighted by Gasteiger charge is 2.36. The molecule has 0 aliphatic carbocycles. The van der Waals surface area contributed by atoms with Gasteiger partial charge in [-0.3, -0.25) is 0 Å². The minimum Gasteiger partial charge on any atom is -0.493 e. The minimum atomic E-state index is -0.759. The van der Waals surface area contributed by atoms with E-state index in [4.69, 9.17) is 18.9 Å². The van der Waals surface area contributed by atoms with Crippen LogP contribution in [0.3, 0.4) is 0 Å². The van der Waals surface area contributed by atoms with Crippen LogP contribution in [-0.2, 0) is 9.47 Å². The molecule has 7 nitrogen and oxygen atoms in total. The highest BCUT2D eigenvalue weighted by molar-refractivity contribution is 5.99. The summed E-state index contributed by atoms with van der Waals surface area (Å²) >= 11 is 0. The lowest BCUT2D eigenvalue weighted by molar-refractivity contribution is 0.0435. The summed E-state index contributed by atoms with van der Waals surface area (Å²) in [5.74, 6) is -0.161. The number of methoxy groups -OCH3 is 2. The number of fused-ring (bicyclic) bond motifs is 1. The maximum Gasteiger partial charge on any atom is 0.344 e. The molecule has 0 saturated carbocycles. The SMILES string of the molecule is CCCCCCOC(=O)c1ccccc1NC1OC(=O)c2c1ccc(OC)c2OC. The quantitative estimate of drug-likeness (QED) is 0.446. The van der Waals surface area contributed by atoms with Gasteiger partial charge < -0.3 is 24.3 Å². The van der Waals surface area contributed by atoms with Gasteiger partial charge in [-0.05, 0) is 30.7 Å². The Morgan fingerprint density at radius 2 is 1.87 bits per heavy atom. The van der Waals surface area contributed by atoms with E-state index in [1.807, 2.05) is 0 Å². The Kier molecular flexibility index (Phi) is 7.17. The lowest BCUT2D eigenvalue weighted by Gasteiger charge is -2.17. The molecule has 2 aromatic carbocycles. The number of esters is 2. The van der Waals surface area contributed by atoms with Crippen molar-refractivity contribution in [2.75, 3.05) is 26.1 Å². The molecule has 0 saturated heterocycles. The van der Waals surface area contributed by atoms with Crippen LogP contribution in [0.15, 0.2) is 36.4 Å². The summed E-state index contributed by atoms with van der Waals surface area (Å²) in [5, 5.41) is 3.14. The normalized spacial score (nSPS) is 14.6. The van der Waals surface area contributed by atoms with Crippen LogP contribution in [0.25, 0.3) is 0 Å². The lowest BCUT2D eigenvalue weighted by Crippen LogP contribution is -2.15. The number of hydrogen-bond donors (Lipinski definition) is 1.